The Morgan fingerprint density at radius 3 is 2.70 bits per heavy atom. The predicted octanol–water partition coefficient (Wildman–Crippen LogP) is 3.91. The second-order valence-electron chi connectivity index (χ2n) is 7.26. The molecule has 1 aliphatic rings. The van der Waals surface area contributed by atoms with E-state index in [1.54, 1.807) is 11.0 Å². The number of aliphatic hydroxyl groups excluding tert-OH is 1. The number of aliphatic hydroxyl groups is 1. The summed E-state index contributed by atoms with van der Waals surface area (Å²) in [7, 11) is 0. The van der Waals surface area contributed by atoms with Crippen LogP contribution in [0.2, 0.25) is 5.02 Å². The van der Waals surface area contributed by atoms with Crippen molar-refractivity contribution in [2.24, 2.45) is 0 Å². The Labute approximate surface area is 162 Å². The minimum atomic E-state index is -0.509. The summed E-state index contributed by atoms with van der Waals surface area (Å²) in [6.45, 7) is 6.30. The Hall–Kier alpha value is -2.38. The molecule has 3 rings (SSSR count). The lowest BCUT2D eigenvalue weighted by Crippen LogP contribution is -2.39. The quantitative estimate of drug-likeness (QED) is 0.853. The van der Waals surface area contributed by atoms with Crippen LogP contribution in [0, 0.1) is 0 Å². The van der Waals surface area contributed by atoms with Crippen LogP contribution in [0.1, 0.15) is 38.6 Å². The molecular weight excluding hydrogens is 370 g/mol. The molecule has 0 saturated heterocycles. The third kappa shape index (κ3) is 4.67. The lowest BCUT2D eigenvalue weighted by molar-refractivity contribution is 0.0270. The molecule has 144 valence electrons. The fourth-order valence-electron chi connectivity index (χ4n) is 2.75. The summed E-state index contributed by atoms with van der Waals surface area (Å²) in [6.07, 6.45) is 2.37. The Balaban J connectivity index is 1.73. The first-order chi connectivity index (χ1) is 12.8. The summed E-state index contributed by atoms with van der Waals surface area (Å²) >= 11 is 6.45. The lowest BCUT2D eigenvalue weighted by Gasteiger charge is -2.29. The maximum absolute atomic E-state index is 12.2. The molecule has 0 radical (unpaired) electrons. The molecule has 1 aliphatic heterocycles. The van der Waals surface area contributed by atoms with E-state index in [-0.39, 0.29) is 18.6 Å². The zero-order valence-electron chi connectivity index (χ0n) is 15.5. The first kappa shape index (κ1) is 19.4. The lowest BCUT2D eigenvalue weighted by atomic mass is 9.98. The second kappa shape index (κ2) is 7.70. The average molecular weight is 392 g/mol. The van der Waals surface area contributed by atoms with Crippen LogP contribution in [0.25, 0.3) is 17.0 Å². The van der Waals surface area contributed by atoms with Gasteiger partial charge in [-0.05, 0) is 50.5 Å². The van der Waals surface area contributed by atoms with Crippen LogP contribution in [0.5, 0.6) is 0 Å². The number of rotatable bonds is 3. The number of ether oxygens (including phenoxy) is 1. The van der Waals surface area contributed by atoms with Crippen molar-refractivity contribution in [2.75, 3.05) is 13.1 Å². The number of carbonyl (C=O) groups excluding carboxylic acids is 1. The van der Waals surface area contributed by atoms with Gasteiger partial charge in [0.1, 0.15) is 12.2 Å². The van der Waals surface area contributed by atoms with Gasteiger partial charge in [0.15, 0.2) is 0 Å². The van der Waals surface area contributed by atoms with Crippen molar-refractivity contribution in [3.63, 3.8) is 0 Å². The largest absolute Gasteiger partial charge is 0.444 e. The van der Waals surface area contributed by atoms with Crippen molar-refractivity contribution >= 4 is 23.3 Å². The van der Waals surface area contributed by atoms with Gasteiger partial charge in [0.25, 0.3) is 0 Å². The van der Waals surface area contributed by atoms with Crippen LogP contribution in [-0.2, 0) is 11.3 Å². The van der Waals surface area contributed by atoms with Crippen LogP contribution in [0.15, 0.2) is 28.7 Å². The number of nitrogens with zero attached hydrogens (tertiary/aromatic N) is 3. The minimum absolute atomic E-state index is 0.155. The molecule has 7 nitrogen and oxygen atoms in total. The van der Waals surface area contributed by atoms with Gasteiger partial charge in [-0.3, -0.25) is 0 Å². The van der Waals surface area contributed by atoms with Gasteiger partial charge in [0.2, 0.25) is 11.8 Å². The maximum atomic E-state index is 12.2. The van der Waals surface area contributed by atoms with E-state index < -0.39 is 5.60 Å². The Morgan fingerprint density at radius 1 is 1.37 bits per heavy atom. The summed E-state index contributed by atoms with van der Waals surface area (Å²) < 4.78 is 10.7. The van der Waals surface area contributed by atoms with Crippen LogP contribution in [0.3, 0.4) is 0 Å². The molecule has 1 amide bonds. The molecule has 8 heteroatoms. The first-order valence-corrected chi connectivity index (χ1v) is 9.05. The van der Waals surface area contributed by atoms with E-state index in [4.69, 9.17) is 25.9 Å². The smallest absolute Gasteiger partial charge is 0.410 e. The second-order valence-corrected chi connectivity index (χ2v) is 7.67. The monoisotopic (exact) mass is 391 g/mol. The molecule has 27 heavy (non-hydrogen) atoms. The molecular formula is C19H22ClN3O4. The van der Waals surface area contributed by atoms with E-state index in [1.165, 1.54) is 0 Å². The SMILES string of the molecule is CC(C)(C)OC(=O)N1CC=C(c2ccc(-c3nnc(CO)o3)cc2Cl)CC1. The van der Waals surface area contributed by atoms with E-state index in [0.717, 1.165) is 11.1 Å². The van der Waals surface area contributed by atoms with Gasteiger partial charge in [-0.25, -0.2) is 4.79 Å². The molecule has 0 atom stereocenters. The molecule has 0 saturated carbocycles. The average Bonchev–Trinajstić information content (AvgIpc) is 3.09. The first-order valence-electron chi connectivity index (χ1n) is 8.67. The van der Waals surface area contributed by atoms with E-state index in [2.05, 4.69) is 10.2 Å². The molecule has 1 aromatic heterocycles. The van der Waals surface area contributed by atoms with Crippen LogP contribution in [-0.4, -0.2) is 45.0 Å². The highest BCUT2D eigenvalue weighted by Gasteiger charge is 2.24. The highest BCUT2D eigenvalue weighted by molar-refractivity contribution is 6.32. The fraction of sp³-hybridized carbons (Fsp3) is 0.421. The fourth-order valence-corrected chi connectivity index (χ4v) is 3.05. The predicted molar refractivity (Wildman–Crippen MR) is 101 cm³/mol. The van der Waals surface area contributed by atoms with E-state index >= 15 is 0 Å². The van der Waals surface area contributed by atoms with Crippen LogP contribution in [0.4, 0.5) is 4.79 Å². The number of hydrogen-bond acceptors (Lipinski definition) is 6. The molecule has 0 spiro atoms. The number of benzene rings is 1. The van der Waals surface area contributed by atoms with Crippen molar-refractivity contribution < 1.29 is 19.1 Å². The molecule has 0 fully saturated rings. The van der Waals surface area contributed by atoms with Crippen molar-refractivity contribution in [3.05, 3.63) is 40.8 Å². The third-order valence-electron chi connectivity index (χ3n) is 4.02. The van der Waals surface area contributed by atoms with Gasteiger partial charge in [-0.15, -0.1) is 10.2 Å². The van der Waals surface area contributed by atoms with Gasteiger partial charge in [-0.2, -0.15) is 0 Å². The Bertz CT molecular complexity index is 870. The van der Waals surface area contributed by atoms with Crippen molar-refractivity contribution in [2.45, 2.75) is 39.4 Å². The highest BCUT2D eigenvalue weighted by atomic mass is 35.5. The van der Waals surface area contributed by atoms with E-state index in [1.807, 2.05) is 39.0 Å². The summed E-state index contributed by atoms with van der Waals surface area (Å²) in [5, 5.41) is 17.2. The highest BCUT2D eigenvalue weighted by Crippen LogP contribution is 2.32. The third-order valence-corrected chi connectivity index (χ3v) is 4.34. The topological polar surface area (TPSA) is 88.7 Å². The summed E-state index contributed by atoms with van der Waals surface area (Å²) in [4.78, 5) is 13.8. The molecule has 0 bridgehead atoms. The number of carbonyl (C=O) groups is 1. The van der Waals surface area contributed by atoms with E-state index in [9.17, 15) is 4.79 Å². The van der Waals surface area contributed by atoms with Gasteiger partial charge in [0, 0.05) is 23.7 Å². The van der Waals surface area contributed by atoms with Gasteiger partial charge in [0.05, 0.1) is 0 Å². The van der Waals surface area contributed by atoms with Crippen molar-refractivity contribution in [1.82, 2.24) is 15.1 Å². The summed E-state index contributed by atoms with van der Waals surface area (Å²) in [5.74, 6) is 0.462. The number of amides is 1. The molecule has 0 unspecified atom stereocenters. The number of aromatic nitrogens is 2. The van der Waals surface area contributed by atoms with Gasteiger partial charge in [-0.1, -0.05) is 23.7 Å². The molecule has 0 aliphatic carbocycles. The Morgan fingerprint density at radius 2 is 2.15 bits per heavy atom. The minimum Gasteiger partial charge on any atom is -0.444 e. The normalized spacial score (nSPS) is 14.9. The van der Waals surface area contributed by atoms with Crippen LogP contribution >= 0.6 is 11.6 Å². The van der Waals surface area contributed by atoms with Gasteiger partial charge >= 0.3 is 6.09 Å². The van der Waals surface area contributed by atoms with Crippen LogP contribution < -0.4 is 0 Å². The zero-order chi connectivity index (χ0) is 19.6. The van der Waals surface area contributed by atoms with E-state index in [0.29, 0.717) is 36.0 Å². The molecule has 2 aromatic rings. The van der Waals surface area contributed by atoms with Crippen molar-refractivity contribution in [1.29, 1.82) is 0 Å². The summed E-state index contributed by atoms with van der Waals surface area (Å²) in [5.41, 5.74) is 2.16. The summed E-state index contributed by atoms with van der Waals surface area (Å²) in [6, 6.07) is 5.50. The van der Waals surface area contributed by atoms with Gasteiger partial charge < -0.3 is 19.2 Å². The molecule has 1 aromatic carbocycles. The standard InChI is InChI=1S/C19H22ClN3O4/c1-19(2,3)27-18(25)23-8-6-12(7-9-23)14-5-4-13(10-15(14)20)17-22-21-16(11-24)26-17/h4-6,10,24H,7-9,11H2,1-3H3. The Kier molecular flexibility index (Phi) is 5.53. The maximum Gasteiger partial charge on any atom is 0.410 e. The number of hydrogen-bond donors (Lipinski definition) is 1. The zero-order valence-corrected chi connectivity index (χ0v) is 16.3. The number of halogens is 1. The van der Waals surface area contributed by atoms with Crippen molar-refractivity contribution in [3.8, 4) is 11.5 Å². The molecule has 1 N–H and O–H groups in total. The molecule has 2 heterocycles.